The van der Waals surface area contributed by atoms with E-state index in [-0.39, 0.29) is 19.4 Å². The Morgan fingerprint density at radius 1 is 0.520 bits per heavy atom. The summed E-state index contributed by atoms with van der Waals surface area (Å²) in [5.74, 6) is -1.26. The van der Waals surface area contributed by atoms with Gasteiger partial charge in [0.15, 0.2) is 12.4 Å². The first-order chi connectivity index (χ1) is 36.7. The van der Waals surface area contributed by atoms with Crippen LogP contribution in [0.2, 0.25) is 0 Å². The van der Waals surface area contributed by atoms with Gasteiger partial charge in [-0.15, -0.1) is 0 Å². The maximum absolute atomic E-state index is 13.3. The number of unbranched alkanes of at least 4 members (excludes halogenated alkanes) is 34. The van der Waals surface area contributed by atoms with Crippen molar-refractivity contribution in [1.29, 1.82) is 0 Å². The van der Waals surface area contributed by atoms with Crippen LogP contribution < -0.4 is 5.32 Å². The van der Waals surface area contributed by atoms with E-state index in [2.05, 4.69) is 50.4 Å². The highest BCUT2D eigenvalue weighted by Crippen LogP contribution is 2.26. The lowest BCUT2D eigenvalue weighted by atomic mass is 9.99. The molecule has 1 aliphatic heterocycles. The average molecular weight is 1060 g/mol. The molecule has 0 aromatic heterocycles. The van der Waals surface area contributed by atoms with Crippen molar-refractivity contribution in [3.05, 3.63) is 48.6 Å². The summed E-state index contributed by atoms with van der Waals surface area (Å²) in [5, 5.41) is 56.8. The molecular weight excluding hydrogens is 943 g/mol. The number of carbonyl (C=O) groups excluding carboxylic acids is 2. The number of nitrogens with one attached hydrogen (secondary N) is 1. The van der Waals surface area contributed by atoms with E-state index >= 15 is 0 Å². The van der Waals surface area contributed by atoms with Crippen molar-refractivity contribution in [2.24, 2.45) is 0 Å². The molecule has 1 saturated heterocycles. The Morgan fingerprint density at radius 3 is 1.37 bits per heavy atom. The molecule has 0 saturated carbocycles. The second-order valence-electron chi connectivity index (χ2n) is 21.8. The minimum Gasteiger partial charge on any atom is -0.454 e. The van der Waals surface area contributed by atoms with Crippen LogP contribution in [0.15, 0.2) is 48.6 Å². The Balaban J connectivity index is 2.67. The normalized spacial score (nSPS) is 19.5. The SMILES string of the molecule is CCCCCCCC/C=C\C/C=C/CC(O)C(=O)NC(COC1OC(CO)C(O)C(O)C1OC(=O)CCCCCCCCCCCCC/C=C/CCCCCCCC)C(O)/C=C/CCCCCCCCCCCCC. The molecule has 438 valence electrons. The molecule has 8 atom stereocenters. The van der Waals surface area contributed by atoms with Crippen LogP contribution in [0.4, 0.5) is 0 Å². The molecule has 11 nitrogen and oxygen atoms in total. The van der Waals surface area contributed by atoms with Crippen LogP contribution in [0, 0.1) is 0 Å². The van der Waals surface area contributed by atoms with Gasteiger partial charge in [-0.2, -0.15) is 0 Å². The van der Waals surface area contributed by atoms with Crippen molar-refractivity contribution in [2.75, 3.05) is 13.2 Å². The number of hydrogen-bond donors (Lipinski definition) is 6. The Hall–Kier alpha value is -2.38. The van der Waals surface area contributed by atoms with Crippen LogP contribution in [-0.2, 0) is 23.8 Å². The van der Waals surface area contributed by atoms with Gasteiger partial charge in [-0.1, -0.05) is 256 Å². The van der Waals surface area contributed by atoms with E-state index in [1.807, 2.05) is 12.2 Å². The van der Waals surface area contributed by atoms with Gasteiger partial charge in [0.2, 0.25) is 5.91 Å². The van der Waals surface area contributed by atoms with Gasteiger partial charge in [-0.3, -0.25) is 9.59 Å². The summed E-state index contributed by atoms with van der Waals surface area (Å²) in [6.45, 7) is 5.75. The smallest absolute Gasteiger partial charge is 0.306 e. The zero-order valence-corrected chi connectivity index (χ0v) is 48.4. The molecule has 1 heterocycles. The van der Waals surface area contributed by atoms with Crippen molar-refractivity contribution < 1.29 is 49.3 Å². The van der Waals surface area contributed by atoms with Crippen LogP contribution in [0.5, 0.6) is 0 Å². The summed E-state index contributed by atoms with van der Waals surface area (Å²) in [6.07, 6.45) is 53.2. The number of carbonyl (C=O) groups is 2. The first-order valence-electron chi connectivity index (χ1n) is 31.4. The van der Waals surface area contributed by atoms with Crippen molar-refractivity contribution in [2.45, 2.75) is 333 Å². The summed E-state index contributed by atoms with van der Waals surface area (Å²) in [6, 6.07) is -1.05. The van der Waals surface area contributed by atoms with E-state index in [9.17, 15) is 35.1 Å². The largest absolute Gasteiger partial charge is 0.454 e. The monoisotopic (exact) mass is 1060 g/mol. The van der Waals surface area contributed by atoms with E-state index < -0.39 is 67.4 Å². The second-order valence-corrected chi connectivity index (χ2v) is 21.8. The van der Waals surface area contributed by atoms with Crippen molar-refractivity contribution >= 4 is 11.9 Å². The third-order valence-electron chi connectivity index (χ3n) is 14.7. The van der Waals surface area contributed by atoms with Gasteiger partial charge < -0.3 is 45.1 Å². The number of rotatable bonds is 53. The molecule has 0 spiro atoms. The maximum atomic E-state index is 13.3. The molecular formula is C64H117NO10. The Morgan fingerprint density at radius 2 is 0.920 bits per heavy atom. The minimum absolute atomic E-state index is 0.0828. The summed E-state index contributed by atoms with van der Waals surface area (Å²) in [7, 11) is 0. The van der Waals surface area contributed by atoms with Crippen LogP contribution >= 0.6 is 0 Å². The van der Waals surface area contributed by atoms with Gasteiger partial charge in [0, 0.05) is 12.8 Å². The van der Waals surface area contributed by atoms with Gasteiger partial charge >= 0.3 is 5.97 Å². The molecule has 1 fully saturated rings. The lowest BCUT2D eigenvalue weighted by Gasteiger charge is -2.41. The Kier molecular flexibility index (Phi) is 49.3. The molecule has 1 amide bonds. The van der Waals surface area contributed by atoms with E-state index in [0.717, 1.165) is 44.9 Å². The van der Waals surface area contributed by atoms with E-state index in [1.54, 1.807) is 12.2 Å². The van der Waals surface area contributed by atoms with Gasteiger partial charge in [0.25, 0.3) is 0 Å². The Bertz CT molecular complexity index is 1400. The fourth-order valence-corrected chi connectivity index (χ4v) is 9.69. The number of aliphatic hydroxyl groups is 5. The number of aliphatic hydroxyl groups excluding tert-OH is 5. The average Bonchev–Trinajstić information content (AvgIpc) is 3.41. The van der Waals surface area contributed by atoms with E-state index in [4.69, 9.17) is 14.2 Å². The predicted molar refractivity (Wildman–Crippen MR) is 310 cm³/mol. The molecule has 0 bridgehead atoms. The van der Waals surface area contributed by atoms with Crippen molar-refractivity contribution in [1.82, 2.24) is 5.32 Å². The summed E-state index contributed by atoms with van der Waals surface area (Å²) in [4.78, 5) is 26.5. The third-order valence-corrected chi connectivity index (χ3v) is 14.7. The summed E-state index contributed by atoms with van der Waals surface area (Å²) < 4.78 is 17.6. The van der Waals surface area contributed by atoms with Crippen LogP contribution in [0.3, 0.4) is 0 Å². The highest BCUT2D eigenvalue weighted by Gasteiger charge is 2.47. The maximum Gasteiger partial charge on any atom is 0.306 e. The predicted octanol–water partition coefficient (Wildman–Crippen LogP) is 14.8. The van der Waals surface area contributed by atoms with Crippen molar-refractivity contribution in [3.8, 4) is 0 Å². The highest BCUT2D eigenvalue weighted by atomic mass is 16.7. The standard InChI is InChI=1S/C64H117NO10/c1-4-7-10-13-16-19-22-25-26-27-28-29-30-31-32-34-37-40-43-46-49-52-59(69)75-62-61(71)60(70)58(53-66)74-64(62)73-54-55(56(67)50-47-44-41-38-36-33-23-20-17-14-11-8-5-2)65-63(72)57(68)51-48-45-42-39-35-24-21-18-15-12-9-6-3/h25-26,35,39,45,47-48,50,55-58,60-62,64,66-68,70-71H,4-24,27-34,36-38,40-44,46,49,51-54H2,1-3H3,(H,65,72)/b26-25+,39-35-,48-45+,50-47+. The molecule has 0 radical (unpaired) electrons. The zero-order valence-electron chi connectivity index (χ0n) is 48.4. The number of ether oxygens (including phenoxy) is 3. The lowest BCUT2D eigenvalue weighted by molar-refractivity contribution is -0.305. The fourth-order valence-electron chi connectivity index (χ4n) is 9.69. The molecule has 1 aliphatic rings. The topological polar surface area (TPSA) is 175 Å². The molecule has 1 rings (SSSR count). The van der Waals surface area contributed by atoms with E-state index in [1.165, 1.54) is 193 Å². The van der Waals surface area contributed by atoms with Gasteiger partial charge in [-0.25, -0.2) is 0 Å². The summed E-state index contributed by atoms with van der Waals surface area (Å²) in [5.41, 5.74) is 0. The number of hydrogen-bond acceptors (Lipinski definition) is 10. The highest BCUT2D eigenvalue weighted by molar-refractivity contribution is 5.81. The molecule has 0 aromatic rings. The minimum atomic E-state index is -1.62. The summed E-state index contributed by atoms with van der Waals surface area (Å²) >= 11 is 0. The van der Waals surface area contributed by atoms with Crippen LogP contribution in [0.1, 0.15) is 284 Å². The lowest BCUT2D eigenvalue weighted by Crippen LogP contribution is -2.61. The Labute approximate surface area is 459 Å². The van der Waals surface area contributed by atoms with Gasteiger partial charge in [0.1, 0.15) is 24.4 Å². The molecule has 0 aromatic carbocycles. The molecule has 75 heavy (non-hydrogen) atoms. The van der Waals surface area contributed by atoms with Crippen LogP contribution in [0.25, 0.3) is 0 Å². The van der Waals surface area contributed by atoms with Gasteiger partial charge in [0.05, 0.1) is 25.4 Å². The second kappa shape index (κ2) is 52.3. The molecule has 8 unspecified atom stereocenters. The van der Waals surface area contributed by atoms with E-state index in [0.29, 0.717) is 12.8 Å². The quantitative estimate of drug-likeness (QED) is 0.0195. The molecule has 6 N–H and O–H groups in total. The van der Waals surface area contributed by atoms with Crippen LogP contribution in [-0.4, -0.2) is 99.6 Å². The first-order valence-corrected chi connectivity index (χ1v) is 31.4. The zero-order chi connectivity index (χ0) is 54.7. The number of allylic oxidation sites excluding steroid dienone is 6. The molecule has 0 aliphatic carbocycles. The fraction of sp³-hybridized carbons (Fsp3) is 0.844. The van der Waals surface area contributed by atoms with Crippen molar-refractivity contribution in [3.63, 3.8) is 0 Å². The molecule has 11 heteroatoms. The van der Waals surface area contributed by atoms with Gasteiger partial charge in [-0.05, 0) is 64.2 Å². The first kappa shape index (κ1) is 70.6. The number of amides is 1. The third kappa shape index (κ3) is 40.5. The number of esters is 1.